The highest BCUT2D eigenvalue weighted by atomic mass is 16.4. The van der Waals surface area contributed by atoms with E-state index in [2.05, 4.69) is 40.6 Å². The number of aromatic nitrogens is 1. The highest BCUT2D eigenvalue weighted by Gasteiger charge is 2.35. The minimum Gasteiger partial charge on any atom is -0.424 e. The molecule has 27 heavy (non-hydrogen) atoms. The van der Waals surface area contributed by atoms with E-state index in [1.54, 1.807) is 6.92 Å². The molecule has 1 aromatic heterocycles. The zero-order chi connectivity index (χ0) is 18.8. The summed E-state index contributed by atoms with van der Waals surface area (Å²) in [6.45, 7) is 3.15. The Morgan fingerprint density at radius 2 is 1.96 bits per heavy atom. The van der Waals surface area contributed by atoms with Crippen molar-refractivity contribution in [3.05, 3.63) is 47.5 Å². The van der Waals surface area contributed by atoms with E-state index >= 15 is 0 Å². The van der Waals surface area contributed by atoms with Crippen molar-refractivity contribution in [3.63, 3.8) is 0 Å². The number of hydrogen-bond donors (Lipinski definition) is 1. The highest BCUT2D eigenvalue weighted by molar-refractivity contribution is 5.79. The van der Waals surface area contributed by atoms with E-state index in [0.29, 0.717) is 36.5 Å². The van der Waals surface area contributed by atoms with Gasteiger partial charge in [-0.3, -0.25) is 4.79 Å². The lowest BCUT2D eigenvalue weighted by atomic mass is 9.74. The van der Waals surface area contributed by atoms with Crippen LogP contribution < -0.4 is 10.2 Å². The Kier molecular flexibility index (Phi) is 4.85. The number of benzene rings is 1. The van der Waals surface area contributed by atoms with E-state index in [4.69, 9.17) is 4.42 Å². The van der Waals surface area contributed by atoms with Crippen molar-refractivity contribution < 1.29 is 9.21 Å². The first-order valence-corrected chi connectivity index (χ1v) is 9.63. The number of nitrogens with zero attached hydrogens (tertiary/aromatic N) is 3. The van der Waals surface area contributed by atoms with Crippen molar-refractivity contribution in [2.24, 2.45) is 5.92 Å². The van der Waals surface area contributed by atoms with Crippen LogP contribution in [0.25, 0.3) is 0 Å². The van der Waals surface area contributed by atoms with Crippen LogP contribution in [0.1, 0.15) is 48.7 Å². The first-order chi connectivity index (χ1) is 13.2. The molecule has 2 aromatic rings. The molecule has 1 aromatic carbocycles. The van der Waals surface area contributed by atoms with E-state index in [9.17, 15) is 10.1 Å². The second-order valence-electron chi connectivity index (χ2n) is 7.47. The molecule has 0 unspecified atom stereocenters. The van der Waals surface area contributed by atoms with Gasteiger partial charge in [0.1, 0.15) is 6.07 Å². The van der Waals surface area contributed by atoms with Crippen LogP contribution in [0.15, 0.2) is 34.7 Å². The summed E-state index contributed by atoms with van der Waals surface area (Å²) in [7, 11) is 0. The number of nitrogens with one attached hydrogen (secondary N) is 1. The molecule has 0 radical (unpaired) electrons. The van der Waals surface area contributed by atoms with Gasteiger partial charge in [0.25, 0.3) is 0 Å². The maximum absolute atomic E-state index is 12.7. The van der Waals surface area contributed by atoms with Gasteiger partial charge in [-0.2, -0.15) is 5.26 Å². The summed E-state index contributed by atoms with van der Waals surface area (Å²) in [4.78, 5) is 18.9. The molecule has 6 heteroatoms. The Morgan fingerprint density at radius 1 is 1.22 bits per heavy atom. The summed E-state index contributed by atoms with van der Waals surface area (Å²) in [5, 5.41) is 12.5. The number of carbonyl (C=O) groups is 1. The van der Waals surface area contributed by atoms with Crippen molar-refractivity contribution in [2.75, 3.05) is 18.0 Å². The average Bonchev–Trinajstić information content (AvgIpc) is 3.07. The number of hydrogen-bond acceptors (Lipinski definition) is 5. The maximum Gasteiger partial charge on any atom is 0.234 e. The predicted molar refractivity (Wildman–Crippen MR) is 101 cm³/mol. The molecule has 6 nitrogen and oxygen atoms in total. The number of rotatable bonds is 4. The standard InChI is InChI=1S/C21H24N4O2/c1-14-23-19(13-22)21(27-14)25-11-9-16(10-12-25)20(26)24-18-8-7-17(18)15-5-3-2-4-6-15/h2-6,16-18H,7-12H2,1H3,(H,24,26)/t17-,18-/m1/s1. The molecule has 1 saturated carbocycles. The van der Waals surface area contributed by atoms with Gasteiger partial charge in [-0.05, 0) is 31.2 Å². The van der Waals surface area contributed by atoms with Crippen LogP contribution in [0.3, 0.4) is 0 Å². The van der Waals surface area contributed by atoms with Crippen LogP contribution in [0.2, 0.25) is 0 Å². The zero-order valence-electron chi connectivity index (χ0n) is 15.5. The molecule has 140 valence electrons. The van der Waals surface area contributed by atoms with Gasteiger partial charge in [0.2, 0.25) is 17.5 Å². The van der Waals surface area contributed by atoms with Crippen LogP contribution in [-0.2, 0) is 4.79 Å². The fraction of sp³-hybridized carbons (Fsp3) is 0.476. The van der Waals surface area contributed by atoms with Crippen LogP contribution in [0.5, 0.6) is 0 Å². The Balaban J connectivity index is 1.32. The summed E-state index contributed by atoms with van der Waals surface area (Å²) in [6.07, 6.45) is 3.71. The summed E-state index contributed by atoms with van der Waals surface area (Å²) < 4.78 is 5.59. The predicted octanol–water partition coefficient (Wildman–Crippen LogP) is 3.13. The number of oxazole rings is 1. The van der Waals surface area contributed by atoms with Crippen molar-refractivity contribution in [2.45, 2.75) is 44.6 Å². The first kappa shape index (κ1) is 17.6. The fourth-order valence-electron chi connectivity index (χ4n) is 4.12. The lowest BCUT2D eigenvalue weighted by Crippen LogP contribution is -2.49. The Morgan fingerprint density at radius 3 is 2.59 bits per heavy atom. The van der Waals surface area contributed by atoms with Crippen LogP contribution in [-0.4, -0.2) is 30.0 Å². The molecular weight excluding hydrogens is 340 g/mol. The zero-order valence-corrected chi connectivity index (χ0v) is 15.5. The molecule has 0 bridgehead atoms. The van der Waals surface area contributed by atoms with Crippen molar-refractivity contribution in [1.29, 1.82) is 5.26 Å². The molecule has 1 N–H and O–H groups in total. The Bertz CT molecular complexity index is 847. The topological polar surface area (TPSA) is 82.2 Å². The number of carbonyl (C=O) groups excluding carboxylic acids is 1. The van der Waals surface area contributed by atoms with Gasteiger partial charge in [-0.15, -0.1) is 0 Å². The van der Waals surface area contributed by atoms with Gasteiger partial charge in [0, 0.05) is 37.9 Å². The van der Waals surface area contributed by atoms with Crippen molar-refractivity contribution in [3.8, 4) is 6.07 Å². The molecule has 2 aliphatic rings. The monoisotopic (exact) mass is 364 g/mol. The summed E-state index contributed by atoms with van der Waals surface area (Å²) in [5.74, 6) is 1.66. The quantitative estimate of drug-likeness (QED) is 0.901. The normalized spacial score (nSPS) is 22.7. The minimum atomic E-state index is 0.0211. The molecule has 1 amide bonds. The molecular formula is C21H24N4O2. The first-order valence-electron chi connectivity index (χ1n) is 9.63. The number of amides is 1. The van der Waals surface area contributed by atoms with Gasteiger partial charge in [-0.1, -0.05) is 30.3 Å². The minimum absolute atomic E-state index is 0.0211. The van der Waals surface area contributed by atoms with Gasteiger partial charge in [-0.25, -0.2) is 4.98 Å². The van der Waals surface area contributed by atoms with Gasteiger partial charge in [0.05, 0.1) is 0 Å². The third-order valence-corrected chi connectivity index (χ3v) is 5.80. The lowest BCUT2D eigenvalue weighted by molar-refractivity contribution is -0.127. The Labute approximate surface area is 159 Å². The van der Waals surface area contributed by atoms with E-state index in [1.807, 2.05) is 11.0 Å². The molecule has 2 heterocycles. The number of nitriles is 1. The number of piperidine rings is 1. The fourth-order valence-corrected chi connectivity index (χ4v) is 4.12. The van der Waals surface area contributed by atoms with Crippen molar-refractivity contribution in [1.82, 2.24) is 10.3 Å². The van der Waals surface area contributed by atoms with Crippen LogP contribution in [0.4, 0.5) is 5.88 Å². The molecule has 2 fully saturated rings. The number of anilines is 1. The third-order valence-electron chi connectivity index (χ3n) is 5.80. The lowest BCUT2D eigenvalue weighted by Gasteiger charge is -2.39. The van der Waals surface area contributed by atoms with Crippen LogP contribution in [0, 0.1) is 24.2 Å². The molecule has 4 rings (SSSR count). The summed E-state index contributed by atoms with van der Waals surface area (Å²) in [6, 6.07) is 12.8. The van der Waals surface area contributed by atoms with Gasteiger partial charge < -0.3 is 14.6 Å². The molecule has 0 spiro atoms. The second kappa shape index (κ2) is 7.43. The Hall–Kier alpha value is -2.81. The summed E-state index contributed by atoms with van der Waals surface area (Å²) in [5.41, 5.74) is 1.64. The molecule has 1 saturated heterocycles. The van der Waals surface area contributed by atoms with Gasteiger partial charge in [0.15, 0.2) is 5.89 Å². The SMILES string of the molecule is Cc1nc(C#N)c(N2CCC(C(=O)N[C@@H]3CC[C@@H]3c3ccccc3)CC2)o1. The van der Waals surface area contributed by atoms with Crippen LogP contribution >= 0.6 is 0 Å². The average molecular weight is 364 g/mol. The van der Waals surface area contributed by atoms with Crippen molar-refractivity contribution >= 4 is 11.8 Å². The molecule has 1 aliphatic heterocycles. The molecule has 1 aliphatic carbocycles. The third kappa shape index (κ3) is 3.55. The molecule has 2 atom stereocenters. The second-order valence-corrected chi connectivity index (χ2v) is 7.47. The smallest absolute Gasteiger partial charge is 0.234 e. The van der Waals surface area contributed by atoms with E-state index in [1.165, 1.54) is 5.56 Å². The van der Waals surface area contributed by atoms with E-state index < -0.39 is 0 Å². The number of aryl methyl sites for hydroxylation is 1. The van der Waals surface area contributed by atoms with Gasteiger partial charge >= 0.3 is 0 Å². The van der Waals surface area contributed by atoms with E-state index in [0.717, 1.165) is 25.7 Å². The largest absolute Gasteiger partial charge is 0.424 e. The maximum atomic E-state index is 12.7. The summed E-state index contributed by atoms with van der Waals surface area (Å²) >= 11 is 0. The highest BCUT2D eigenvalue weighted by Crippen LogP contribution is 2.37. The van der Waals surface area contributed by atoms with E-state index in [-0.39, 0.29) is 17.9 Å².